The first kappa shape index (κ1) is 19.3. The minimum atomic E-state index is -0.377. The van der Waals surface area contributed by atoms with E-state index in [2.05, 4.69) is 5.32 Å². The minimum Gasteiger partial charge on any atom is -0.378 e. The summed E-state index contributed by atoms with van der Waals surface area (Å²) in [5.74, 6) is 0.470. The third-order valence-corrected chi connectivity index (χ3v) is 4.67. The average molecular weight is 345 g/mol. The molecule has 0 aromatic heterocycles. The van der Waals surface area contributed by atoms with Crippen molar-refractivity contribution in [1.82, 2.24) is 10.2 Å². The largest absolute Gasteiger partial charge is 0.378 e. The first-order valence-electron chi connectivity index (χ1n) is 9.03. The van der Waals surface area contributed by atoms with E-state index in [4.69, 9.17) is 0 Å². The van der Waals surface area contributed by atoms with E-state index in [0.717, 1.165) is 30.6 Å². The fourth-order valence-electron chi connectivity index (χ4n) is 3.00. The molecule has 0 spiro atoms. The lowest BCUT2D eigenvalue weighted by Gasteiger charge is -2.33. The Morgan fingerprint density at radius 3 is 2.40 bits per heavy atom. The molecule has 1 N–H and O–H groups in total. The van der Waals surface area contributed by atoms with Crippen LogP contribution in [0.1, 0.15) is 44.0 Å². The van der Waals surface area contributed by atoms with Gasteiger partial charge in [-0.15, -0.1) is 0 Å². The topological polar surface area (TPSA) is 52.7 Å². The fraction of sp³-hybridized carbons (Fsp3) is 0.600. The highest BCUT2D eigenvalue weighted by Crippen LogP contribution is 2.20. The van der Waals surface area contributed by atoms with Crippen molar-refractivity contribution in [3.63, 3.8) is 0 Å². The Hall–Kier alpha value is -2.04. The SMILES string of the molecule is CN(C)c1ccc(C(=O)N2CCCC(CNC(=O)C(C)(C)C)C2)cc1. The van der Waals surface area contributed by atoms with Crippen LogP contribution >= 0.6 is 0 Å². The first-order valence-corrected chi connectivity index (χ1v) is 9.03. The number of likely N-dealkylation sites (tertiary alicyclic amines) is 1. The van der Waals surface area contributed by atoms with E-state index >= 15 is 0 Å². The zero-order valence-electron chi connectivity index (χ0n) is 16.1. The summed E-state index contributed by atoms with van der Waals surface area (Å²) < 4.78 is 0. The van der Waals surface area contributed by atoms with Gasteiger partial charge < -0.3 is 15.1 Å². The number of carbonyl (C=O) groups excluding carboxylic acids is 2. The third kappa shape index (κ3) is 5.21. The van der Waals surface area contributed by atoms with Gasteiger partial charge in [-0.25, -0.2) is 0 Å². The molecule has 5 nitrogen and oxygen atoms in total. The average Bonchev–Trinajstić information content (AvgIpc) is 2.58. The summed E-state index contributed by atoms with van der Waals surface area (Å²) >= 11 is 0. The maximum atomic E-state index is 12.7. The van der Waals surface area contributed by atoms with Crippen LogP contribution in [0.4, 0.5) is 5.69 Å². The molecule has 1 aliphatic rings. The van der Waals surface area contributed by atoms with Crippen LogP contribution in [0.3, 0.4) is 0 Å². The Labute approximate surface area is 151 Å². The molecule has 5 heteroatoms. The smallest absolute Gasteiger partial charge is 0.253 e. The molecule has 1 aliphatic heterocycles. The molecule has 0 aliphatic carbocycles. The number of hydrogen-bond donors (Lipinski definition) is 1. The highest BCUT2D eigenvalue weighted by Gasteiger charge is 2.26. The second-order valence-corrected chi connectivity index (χ2v) is 8.16. The summed E-state index contributed by atoms with van der Waals surface area (Å²) in [7, 11) is 3.97. The van der Waals surface area contributed by atoms with Crippen LogP contribution in [0.15, 0.2) is 24.3 Å². The van der Waals surface area contributed by atoms with Crippen molar-refractivity contribution in [1.29, 1.82) is 0 Å². The van der Waals surface area contributed by atoms with Crippen molar-refractivity contribution in [2.45, 2.75) is 33.6 Å². The Morgan fingerprint density at radius 2 is 1.84 bits per heavy atom. The van der Waals surface area contributed by atoms with Crippen molar-refractivity contribution in [3.05, 3.63) is 29.8 Å². The Bertz CT molecular complexity index is 602. The molecule has 1 fully saturated rings. The number of amides is 2. The molecular formula is C20H31N3O2. The first-order chi connectivity index (χ1) is 11.7. The number of anilines is 1. The Morgan fingerprint density at radius 1 is 1.20 bits per heavy atom. The van der Waals surface area contributed by atoms with Crippen LogP contribution < -0.4 is 10.2 Å². The van der Waals surface area contributed by atoms with Crippen molar-refractivity contribution < 1.29 is 9.59 Å². The van der Waals surface area contributed by atoms with Crippen LogP contribution in [0.5, 0.6) is 0 Å². The van der Waals surface area contributed by atoms with Gasteiger partial charge in [-0.3, -0.25) is 9.59 Å². The maximum absolute atomic E-state index is 12.7. The number of benzene rings is 1. The van der Waals surface area contributed by atoms with E-state index in [-0.39, 0.29) is 17.2 Å². The quantitative estimate of drug-likeness (QED) is 0.913. The molecule has 0 saturated carbocycles. The minimum absolute atomic E-state index is 0.0650. The molecule has 1 atom stereocenters. The van der Waals surface area contributed by atoms with Crippen molar-refractivity contribution in [2.24, 2.45) is 11.3 Å². The summed E-state index contributed by atoms with van der Waals surface area (Å²) in [6.07, 6.45) is 2.03. The molecule has 2 amide bonds. The molecule has 1 heterocycles. The summed E-state index contributed by atoms with van der Waals surface area (Å²) in [5.41, 5.74) is 1.43. The van der Waals surface area contributed by atoms with Gasteiger partial charge >= 0.3 is 0 Å². The van der Waals surface area contributed by atoms with Crippen molar-refractivity contribution in [3.8, 4) is 0 Å². The highest BCUT2D eigenvalue weighted by molar-refractivity contribution is 5.94. The number of piperidine rings is 1. The van der Waals surface area contributed by atoms with Gasteiger partial charge in [0.2, 0.25) is 5.91 Å². The monoisotopic (exact) mass is 345 g/mol. The molecule has 0 bridgehead atoms. The summed E-state index contributed by atoms with van der Waals surface area (Å²) in [6, 6.07) is 7.72. The fourth-order valence-corrected chi connectivity index (χ4v) is 3.00. The second kappa shape index (κ2) is 7.89. The van der Waals surface area contributed by atoms with E-state index in [1.165, 1.54) is 0 Å². The van der Waals surface area contributed by atoms with Gasteiger partial charge in [-0.05, 0) is 43.0 Å². The van der Waals surface area contributed by atoms with Crippen LogP contribution in [0.25, 0.3) is 0 Å². The van der Waals surface area contributed by atoms with Crippen molar-refractivity contribution >= 4 is 17.5 Å². The summed E-state index contributed by atoms with van der Waals surface area (Å²) in [5, 5.41) is 3.03. The van der Waals surface area contributed by atoms with Gasteiger partial charge in [0.1, 0.15) is 0 Å². The normalized spacial score (nSPS) is 18.0. The van der Waals surface area contributed by atoms with Gasteiger partial charge in [0.15, 0.2) is 0 Å². The van der Waals surface area contributed by atoms with E-state index in [9.17, 15) is 9.59 Å². The standard InChI is InChI=1S/C20H31N3O2/c1-20(2,3)19(25)21-13-15-7-6-12-23(14-15)18(24)16-8-10-17(11-9-16)22(4)5/h8-11,15H,6-7,12-14H2,1-5H3,(H,21,25). The van der Waals surface area contributed by atoms with Gasteiger partial charge in [0.05, 0.1) is 0 Å². The zero-order valence-corrected chi connectivity index (χ0v) is 16.1. The summed E-state index contributed by atoms with van der Waals surface area (Å²) in [4.78, 5) is 28.7. The number of carbonyl (C=O) groups is 2. The van der Waals surface area contributed by atoms with E-state index < -0.39 is 0 Å². The molecule has 1 saturated heterocycles. The van der Waals surface area contributed by atoms with Gasteiger partial charge in [-0.1, -0.05) is 20.8 Å². The van der Waals surface area contributed by atoms with Crippen LogP contribution in [-0.4, -0.2) is 50.4 Å². The van der Waals surface area contributed by atoms with E-state index in [1.54, 1.807) is 0 Å². The maximum Gasteiger partial charge on any atom is 0.253 e. The van der Waals surface area contributed by atoms with Gasteiger partial charge in [-0.2, -0.15) is 0 Å². The molecular weight excluding hydrogens is 314 g/mol. The molecule has 1 unspecified atom stereocenters. The number of rotatable bonds is 4. The lowest BCUT2D eigenvalue weighted by molar-refractivity contribution is -0.128. The van der Waals surface area contributed by atoms with E-state index in [1.807, 2.05) is 68.9 Å². The van der Waals surface area contributed by atoms with Crippen molar-refractivity contribution in [2.75, 3.05) is 38.6 Å². The lowest BCUT2D eigenvalue weighted by atomic mass is 9.94. The Balaban J connectivity index is 1.93. The third-order valence-electron chi connectivity index (χ3n) is 4.67. The molecule has 2 rings (SSSR count). The summed E-state index contributed by atoms with van der Waals surface area (Å²) in [6.45, 7) is 7.87. The molecule has 1 aromatic carbocycles. The van der Waals surface area contributed by atoms with Crippen LogP contribution in [-0.2, 0) is 4.79 Å². The van der Waals surface area contributed by atoms with Gasteiger partial charge in [0, 0.05) is 50.4 Å². The highest BCUT2D eigenvalue weighted by atomic mass is 16.2. The number of nitrogens with zero attached hydrogens (tertiary/aromatic N) is 2. The lowest BCUT2D eigenvalue weighted by Crippen LogP contribution is -2.45. The molecule has 138 valence electrons. The van der Waals surface area contributed by atoms with Gasteiger partial charge in [0.25, 0.3) is 5.91 Å². The predicted octanol–water partition coefficient (Wildman–Crippen LogP) is 2.77. The van der Waals surface area contributed by atoms with Crippen LogP contribution in [0.2, 0.25) is 0 Å². The number of nitrogens with one attached hydrogen (secondary N) is 1. The predicted molar refractivity (Wildman–Crippen MR) is 102 cm³/mol. The molecule has 1 aromatic rings. The molecule has 25 heavy (non-hydrogen) atoms. The Kier molecular flexibility index (Phi) is 6.09. The second-order valence-electron chi connectivity index (χ2n) is 8.16. The van der Waals surface area contributed by atoms with Crippen LogP contribution in [0, 0.1) is 11.3 Å². The van der Waals surface area contributed by atoms with E-state index in [0.29, 0.717) is 19.0 Å². The molecule has 0 radical (unpaired) electrons. The number of hydrogen-bond acceptors (Lipinski definition) is 3. The zero-order chi connectivity index (χ0) is 18.6.